The Labute approximate surface area is 142 Å². The molecule has 0 unspecified atom stereocenters. The molecular weight excluding hydrogens is 302 g/mol. The first-order chi connectivity index (χ1) is 11.7. The van der Waals surface area contributed by atoms with E-state index in [1.54, 1.807) is 12.4 Å². The first kappa shape index (κ1) is 16.4. The number of amides is 1. The van der Waals surface area contributed by atoms with Crippen LogP contribution in [0.5, 0.6) is 5.75 Å². The van der Waals surface area contributed by atoms with Crippen LogP contribution in [0.4, 0.5) is 0 Å². The maximum Gasteiger partial charge on any atom is 0.223 e. The quantitative estimate of drug-likeness (QED) is 0.887. The summed E-state index contributed by atoms with van der Waals surface area (Å²) in [7, 11) is 0. The van der Waals surface area contributed by atoms with Crippen molar-refractivity contribution in [3.8, 4) is 16.9 Å². The molecule has 0 spiro atoms. The summed E-state index contributed by atoms with van der Waals surface area (Å²) in [6, 6.07) is 6.11. The number of ether oxygens (including phenoxy) is 1. The predicted molar refractivity (Wildman–Crippen MR) is 92.7 cm³/mol. The molecule has 0 saturated carbocycles. The van der Waals surface area contributed by atoms with Crippen LogP contribution in [-0.2, 0) is 11.2 Å². The standard InChI is InChI=1S/C19H23N3O2/c1-3-13(4-2)19(23)22-11-16-8-14-6-5-7-17(18(14)24-16)15-9-20-12-21-10-15/h5-7,9-10,12-13,16H,3-4,8,11H2,1-2H3,(H,22,23)/t16-/m1/s1. The van der Waals surface area contributed by atoms with Crippen LogP contribution in [0.25, 0.3) is 11.1 Å². The summed E-state index contributed by atoms with van der Waals surface area (Å²) in [5, 5.41) is 3.03. The van der Waals surface area contributed by atoms with Crippen LogP contribution in [0, 0.1) is 5.92 Å². The number of para-hydroxylation sites is 1. The van der Waals surface area contributed by atoms with Crippen LogP contribution < -0.4 is 10.1 Å². The molecule has 2 aromatic rings. The van der Waals surface area contributed by atoms with E-state index in [1.807, 2.05) is 26.0 Å². The molecule has 1 atom stereocenters. The zero-order chi connectivity index (χ0) is 16.9. The van der Waals surface area contributed by atoms with Crippen LogP contribution in [0.15, 0.2) is 36.9 Å². The summed E-state index contributed by atoms with van der Waals surface area (Å²) in [6.07, 6.45) is 7.61. The van der Waals surface area contributed by atoms with Crippen molar-refractivity contribution in [2.45, 2.75) is 39.2 Å². The van der Waals surface area contributed by atoms with Gasteiger partial charge in [0.2, 0.25) is 5.91 Å². The van der Waals surface area contributed by atoms with Gasteiger partial charge in [-0.2, -0.15) is 0 Å². The van der Waals surface area contributed by atoms with Crippen LogP contribution in [-0.4, -0.2) is 28.5 Å². The third kappa shape index (κ3) is 3.40. The Morgan fingerprint density at radius 3 is 2.75 bits per heavy atom. The molecule has 0 aliphatic carbocycles. The number of benzene rings is 1. The van der Waals surface area contributed by atoms with Gasteiger partial charge in [-0.05, 0) is 18.4 Å². The predicted octanol–water partition coefficient (Wildman–Crippen LogP) is 3.00. The van der Waals surface area contributed by atoms with Gasteiger partial charge in [0.15, 0.2) is 0 Å². The maximum atomic E-state index is 12.1. The van der Waals surface area contributed by atoms with Gasteiger partial charge in [-0.25, -0.2) is 9.97 Å². The number of hydrogen-bond donors (Lipinski definition) is 1. The van der Waals surface area contributed by atoms with Crippen molar-refractivity contribution in [2.75, 3.05) is 6.54 Å². The lowest BCUT2D eigenvalue weighted by Gasteiger charge is -2.16. The minimum atomic E-state index is -0.0240. The van der Waals surface area contributed by atoms with E-state index in [2.05, 4.69) is 21.4 Å². The van der Waals surface area contributed by atoms with Crippen molar-refractivity contribution in [1.82, 2.24) is 15.3 Å². The monoisotopic (exact) mass is 325 g/mol. The normalized spacial score (nSPS) is 15.9. The van der Waals surface area contributed by atoms with E-state index in [0.29, 0.717) is 6.54 Å². The molecule has 5 heteroatoms. The van der Waals surface area contributed by atoms with Crippen molar-refractivity contribution in [3.05, 3.63) is 42.5 Å². The summed E-state index contributed by atoms with van der Waals surface area (Å²) in [4.78, 5) is 20.3. The topological polar surface area (TPSA) is 64.1 Å². The third-order valence-corrected chi connectivity index (χ3v) is 4.56. The van der Waals surface area contributed by atoms with Crippen LogP contribution in [0.1, 0.15) is 32.3 Å². The first-order valence-electron chi connectivity index (χ1n) is 8.54. The second-order valence-electron chi connectivity index (χ2n) is 6.12. The molecule has 1 amide bonds. The summed E-state index contributed by atoms with van der Waals surface area (Å²) in [6.45, 7) is 4.63. The lowest BCUT2D eigenvalue weighted by atomic mass is 10.0. The van der Waals surface area contributed by atoms with Gasteiger partial charge in [0, 0.05) is 35.9 Å². The summed E-state index contributed by atoms with van der Waals surface area (Å²) in [5.74, 6) is 1.09. The summed E-state index contributed by atoms with van der Waals surface area (Å²) >= 11 is 0. The van der Waals surface area contributed by atoms with Crippen LogP contribution in [0.3, 0.4) is 0 Å². The molecule has 0 fully saturated rings. The Morgan fingerprint density at radius 2 is 2.04 bits per heavy atom. The highest BCUT2D eigenvalue weighted by Gasteiger charge is 2.26. The zero-order valence-electron chi connectivity index (χ0n) is 14.2. The van der Waals surface area contributed by atoms with E-state index in [0.717, 1.165) is 41.7 Å². The number of carbonyl (C=O) groups is 1. The van der Waals surface area contributed by atoms with Crippen LogP contribution >= 0.6 is 0 Å². The fraction of sp³-hybridized carbons (Fsp3) is 0.421. The van der Waals surface area contributed by atoms with Gasteiger partial charge in [-0.1, -0.05) is 32.0 Å². The van der Waals surface area contributed by atoms with Crippen molar-refractivity contribution in [1.29, 1.82) is 0 Å². The number of fused-ring (bicyclic) bond motifs is 1. The average Bonchev–Trinajstić information content (AvgIpc) is 3.04. The second kappa shape index (κ2) is 7.43. The molecule has 126 valence electrons. The lowest BCUT2D eigenvalue weighted by Crippen LogP contribution is -2.37. The number of rotatable bonds is 6. The average molecular weight is 325 g/mol. The molecule has 1 aromatic carbocycles. The fourth-order valence-corrected chi connectivity index (χ4v) is 3.14. The Hall–Kier alpha value is -2.43. The number of hydrogen-bond acceptors (Lipinski definition) is 4. The molecule has 0 bridgehead atoms. The number of aromatic nitrogens is 2. The van der Waals surface area contributed by atoms with Gasteiger partial charge in [0.25, 0.3) is 0 Å². The molecule has 1 aliphatic rings. The Bertz CT molecular complexity index is 699. The van der Waals surface area contributed by atoms with E-state index in [1.165, 1.54) is 6.33 Å². The zero-order valence-corrected chi connectivity index (χ0v) is 14.2. The molecule has 0 radical (unpaired) electrons. The SMILES string of the molecule is CCC(CC)C(=O)NC[C@H]1Cc2cccc(-c3cncnc3)c2O1. The lowest BCUT2D eigenvalue weighted by molar-refractivity contribution is -0.125. The van der Waals surface area contributed by atoms with Crippen LogP contribution in [0.2, 0.25) is 0 Å². The molecule has 24 heavy (non-hydrogen) atoms. The molecule has 5 nitrogen and oxygen atoms in total. The fourth-order valence-electron chi connectivity index (χ4n) is 3.14. The Kier molecular flexibility index (Phi) is 5.08. The van der Waals surface area contributed by atoms with Gasteiger partial charge in [0.1, 0.15) is 18.2 Å². The van der Waals surface area contributed by atoms with Crippen molar-refractivity contribution < 1.29 is 9.53 Å². The minimum Gasteiger partial charge on any atom is -0.487 e. The van der Waals surface area contributed by atoms with E-state index < -0.39 is 0 Å². The van der Waals surface area contributed by atoms with Gasteiger partial charge in [-0.3, -0.25) is 4.79 Å². The van der Waals surface area contributed by atoms with Gasteiger partial charge in [0.05, 0.1) is 6.54 Å². The van der Waals surface area contributed by atoms with E-state index in [-0.39, 0.29) is 17.9 Å². The molecule has 0 saturated heterocycles. The van der Waals surface area contributed by atoms with E-state index in [4.69, 9.17) is 4.74 Å². The smallest absolute Gasteiger partial charge is 0.223 e. The molecular formula is C19H23N3O2. The van der Waals surface area contributed by atoms with Gasteiger partial charge in [-0.15, -0.1) is 0 Å². The third-order valence-electron chi connectivity index (χ3n) is 4.56. The van der Waals surface area contributed by atoms with Crippen molar-refractivity contribution in [2.24, 2.45) is 5.92 Å². The van der Waals surface area contributed by atoms with Gasteiger partial charge < -0.3 is 10.1 Å². The minimum absolute atomic E-state index is 0.0240. The summed E-state index contributed by atoms with van der Waals surface area (Å²) in [5.41, 5.74) is 3.11. The molecule has 1 aromatic heterocycles. The van der Waals surface area contributed by atoms with Crippen molar-refractivity contribution in [3.63, 3.8) is 0 Å². The second-order valence-corrected chi connectivity index (χ2v) is 6.12. The number of nitrogens with one attached hydrogen (secondary N) is 1. The highest BCUT2D eigenvalue weighted by Crippen LogP contribution is 2.38. The van der Waals surface area contributed by atoms with Gasteiger partial charge >= 0.3 is 0 Å². The molecule has 3 rings (SSSR count). The van der Waals surface area contributed by atoms with Crippen molar-refractivity contribution >= 4 is 5.91 Å². The Balaban J connectivity index is 1.68. The van der Waals surface area contributed by atoms with E-state index >= 15 is 0 Å². The largest absolute Gasteiger partial charge is 0.487 e. The maximum absolute atomic E-state index is 12.1. The van der Waals surface area contributed by atoms with E-state index in [9.17, 15) is 4.79 Å². The Morgan fingerprint density at radius 1 is 1.29 bits per heavy atom. The highest BCUT2D eigenvalue weighted by atomic mass is 16.5. The number of nitrogens with zero attached hydrogens (tertiary/aromatic N) is 2. The molecule has 2 heterocycles. The first-order valence-corrected chi connectivity index (χ1v) is 8.54. The summed E-state index contributed by atoms with van der Waals surface area (Å²) < 4.78 is 6.12. The highest BCUT2D eigenvalue weighted by molar-refractivity contribution is 5.78. The number of carbonyl (C=O) groups excluding carboxylic acids is 1. The molecule has 1 N–H and O–H groups in total. The molecule has 1 aliphatic heterocycles.